The Labute approximate surface area is 120 Å². The Hall–Kier alpha value is -1.14. The van der Waals surface area contributed by atoms with Gasteiger partial charge in [-0.25, -0.2) is 0 Å². The van der Waals surface area contributed by atoms with Crippen LogP contribution in [0.25, 0.3) is 0 Å². The lowest BCUT2D eigenvalue weighted by Crippen LogP contribution is -2.61. The van der Waals surface area contributed by atoms with E-state index in [9.17, 15) is 9.59 Å². The molecule has 0 aromatic rings. The molecule has 0 saturated carbocycles. The zero-order chi connectivity index (χ0) is 14.8. The summed E-state index contributed by atoms with van der Waals surface area (Å²) >= 11 is 0. The van der Waals surface area contributed by atoms with E-state index >= 15 is 0 Å². The monoisotopic (exact) mass is 283 g/mol. The molecular weight excluding hydrogens is 258 g/mol. The molecule has 0 aromatic carbocycles. The SMILES string of the molecule is CCN1CC[C@]2(CCC1=O)CN(CC(=O)O)CCN2C. The van der Waals surface area contributed by atoms with Crippen LogP contribution in [0.4, 0.5) is 0 Å². The van der Waals surface area contributed by atoms with Gasteiger partial charge in [0.15, 0.2) is 0 Å². The van der Waals surface area contributed by atoms with Gasteiger partial charge in [-0.15, -0.1) is 0 Å². The van der Waals surface area contributed by atoms with Crippen LogP contribution in [-0.2, 0) is 9.59 Å². The normalized spacial score (nSPS) is 29.7. The highest BCUT2D eigenvalue weighted by Gasteiger charge is 2.42. The van der Waals surface area contributed by atoms with Crippen LogP contribution in [0.15, 0.2) is 0 Å². The molecule has 0 aromatic heterocycles. The molecule has 2 fully saturated rings. The summed E-state index contributed by atoms with van der Waals surface area (Å²) in [6.45, 7) is 6.06. The van der Waals surface area contributed by atoms with E-state index in [0.717, 1.165) is 45.6 Å². The second-order valence-electron chi connectivity index (χ2n) is 5.97. The van der Waals surface area contributed by atoms with E-state index in [1.165, 1.54) is 0 Å². The van der Waals surface area contributed by atoms with Gasteiger partial charge >= 0.3 is 5.97 Å². The van der Waals surface area contributed by atoms with E-state index in [1.54, 1.807) is 0 Å². The predicted octanol–water partition coefficient (Wildman–Crippen LogP) is 0.0896. The predicted molar refractivity (Wildman–Crippen MR) is 75.5 cm³/mol. The lowest BCUT2D eigenvalue weighted by atomic mass is 9.86. The Balaban J connectivity index is 2.10. The Morgan fingerprint density at radius 3 is 2.70 bits per heavy atom. The Morgan fingerprint density at radius 1 is 1.30 bits per heavy atom. The smallest absolute Gasteiger partial charge is 0.317 e. The van der Waals surface area contributed by atoms with Crippen LogP contribution in [0.5, 0.6) is 0 Å². The van der Waals surface area contributed by atoms with Crippen molar-refractivity contribution in [1.29, 1.82) is 0 Å². The van der Waals surface area contributed by atoms with Crippen LogP contribution in [0.1, 0.15) is 26.2 Å². The van der Waals surface area contributed by atoms with E-state index < -0.39 is 5.97 Å². The first kappa shape index (κ1) is 15.3. The number of hydrogen-bond acceptors (Lipinski definition) is 4. The molecule has 1 spiro atoms. The lowest BCUT2D eigenvalue weighted by molar-refractivity contribution is -0.140. The molecule has 1 atom stereocenters. The van der Waals surface area contributed by atoms with Crippen LogP contribution < -0.4 is 0 Å². The molecule has 0 unspecified atom stereocenters. The molecule has 2 aliphatic heterocycles. The Kier molecular flexibility index (Phi) is 4.65. The van der Waals surface area contributed by atoms with Crippen molar-refractivity contribution in [2.75, 3.05) is 46.3 Å². The highest BCUT2D eigenvalue weighted by molar-refractivity contribution is 5.76. The van der Waals surface area contributed by atoms with Crippen LogP contribution in [-0.4, -0.2) is 83.5 Å². The van der Waals surface area contributed by atoms with Gasteiger partial charge in [0.25, 0.3) is 0 Å². The molecule has 0 radical (unpaired) electrons. The molecular formula is C14H25N3O3. The number of carboxylic acid groups (broad SMARTS) is 1. The topological polar surface area (TPSA) is 64.1 Å². The van der Waals surface area contributed by atoms with Gasteiger partial charge in [-0.05, 0) is 26.8 Å². The number of carbonyl (C=O) groups excluding carboxylic acids is 1. The number of hydrogen-bond donors (Lipinski definition) is 1. The van der Waals surface area contributed by atoms with E-state index in [0.29, 0.717) is 6.42 Å². The first-order valence-electron chi connectivity index (χ1n) is 7.40. The maximum atomic E-state index is 12.0. The van der Waals surface area contributed by atoms with Crippen molar-refractivity contribution in [2.45, 2.75) is 31.7 Å². The Bertz CT molecular complexity index is 388. The van der Waals surface area contributed by atoms with Gasteiger partial charge in [0.2, 0.25) is 5.91 Å². The van der Waals surface area contributed by atoms with Crippen LogP contribution in [0.2, 0.25) is 0 Å². The van der Waals surface area contributed by atoms with Gasteiger partial charge in [-0.3, -0.25) is 19.4 Å². The zero-order valence-electron chi connectivity index (χ0n) is 12.5. The van der Waals surface area contributed by atoms with Crippen molar-refractivity contribution in [3.05, 3.63) is 0 Å². The summed E-state index contributed by atoms with van der Waals surface area (Å²) in [6.07, 6.45) is 2.33. The fourth-order valence-corrected chi connectivity index (χ4v) is 3.44. The summed E-state index contributed by atoms with van der Waals surface area (Å²) < 4.78 is 0. The highest BCUT2D eigenvalue weighted by atomic mass is 16.4. The second kappa shape index (κ2) is 6.10. The molecule has 114 valence electrons. The molecule has 1 N–H and O–H groups in total. The minimum absolute atomic E-state index is 0.0483. The molecule has 6 heteroatoms. The summed E-state index contributed by atoms with van der Waals surface area (Å²) in [5, 5.41) is 8.98. The third kappa shape index (κ3) is 3.12. The third-order valence-corrected chi connectivity index (χ3v) is 4.82. The van der Waals surface area contributed by atoms with E-state index in [-0.39, 0.29) is 18.0 Å². The molecule has 6 nitrogen and oxygen atoms in total. The van der Waals surface area contributed by atoms with Gasteiger partial charge in [-0.1, -0.05) is 0 Å². The number of amides is 1. The molecule has 0 aliphatic carbocycles. The van der Waals surface area contributed by atoms with Crippen LogP contribution >= 0.6 is 0 Å². The summed E-state index contributed by atoms with van der Waals surface area (Å²) in [4.78, 5) is 29.2. The number of carboxylic acids is 1. The van der Waals surface area contributed by atoms with Crippen molar-refractivity contribution in [3.63, 3.8) is 0 Å². The summed E-state index contributed by atoms with van der Waals surface area (Å²) in [5.74, 6) is -0.544. The average Bonchev–Trinajstić information content (AvgIpc) is 2.55. The standard InChI is InChI=1S/C14H25N3O3/c1-3-17-7-6-14(5-4-12(17)18)11-16(10-13(19)20)9-8-15(14)2/h3-11H2,1-2H3,(H,19,20)/t14-/m1/s1. The molecule has 2 heterocycles. The first-order chi connectivity index (χ1) is 9.47. The minimum Gasteiger partial charge on any atom is -0.480 e. The van der Waals surface area contributed by atoms with E-state index in [2.05, 4.69) is 11.9 Å². The summed E-state index contributed by atoms with van der Waals surface area (Å²) in [6, 6.07) is 0. The van der Waals surface area contributed by atoms with Crippen molar-refractivity contribution in [1.82, 2.24) is 14.7 Å². The lowest BCUT2D eigenvalue weighted by Gasteiger charge is -2.49. The molecule has 2 rings (SSSR count). The number of likely N-dealkylation sites (N-methyl/N-ethyl adjacent to an activating group) is 1. The summed E-state index contributed by atoms with van der Waals surface area (Å²) in [5.41, 5.74) is -0.0483. The van der Waals surface area contributed by atoms with Gasteiger partial charge in [0, 0.05) is 44.7 Å². The maximum absolute atomic E-state index is 12.0. The fourth-order valence-electron chi connectivity index (χ4n) is 3.44. The van der Waals surface area contributed by atoms with Gasteiger partial charge in [0.1, 0.15) is 0 Å². The number of likely N-dealkylation sites (tertiary alicyclic amines) is 1. The Morgan fingerprint density at radius 2 is 2.05 bits per heavy atom. The number of nitrogens with zero attached hydrogens (tertiary/aromatic N) is 3. The molecule has 0 bridgehead atoms. The number of aliphatic carboxylic acids is 1. The van der Waals surface area contributed by atoms with Gasteiger partial charge < -0.3 is 10.0 Å². The van der Waals surface area contributed by atoms with Crippen LogP contribution in [0, 0.1) is 0 Å². The van der Waals surface area contributed by atoms with Gasteiger partial charge in [0.05, 0.1) is 6.54 Å². The fraction of sp³-hybridized carbons (Fsp3) is 0.857. The van der Waals surface area contributed by atoms with Crippen molar-refractivity contribution < 1.29 is 14.7 Å². The van der Waals surface area contributed by atoms with E-state index in [4.69, 9.17) is 5.11 Å². The largest absolute Gasteiger partial charge is 0.480 e. The quantitative estimate of drug-likeness (QED) is 0.795. The number of rotatable bonds is 3. The zero-order valence-corrected chi connectivity index (χ0v) is 12.5. The maximum Gasteiger partial charge on any atom is 0.317 e. The van der Waals surface area contributed by atoms with Gasteiger partial charge in [-0.2, -0.15) is 0 Å². The third-order valence-electron chi connectivity index (χ3n) is 4.82. The van der Waals surface area contributed by atoms with Crippen LogP contribution in [0.3, 0.4) is 0 Å². The average molecular weight is 283 g/mol. The highest BCUT2D eigenvalue weighted by Crippen LogP contribution is 2.31. The summed E-state index contributed by atoms with van der Waals surface area (Å²) in [7, 11) is 2.10. The molecule has 20 heavy (non-hydrogen) atoms. The van der Waals surface area contributed by atoms with Crippen molar-refractivity contribution in [2.24, 2.45) is 0 Å². The van der Waals surface area contributed by atoms with Crippen molar-refractivity contribution in [3.8, 4) is 0 Å². The molecule has 2 saturated heterocycles. The van der Waals surface area contributed by atoms with Crippen molar-refractivity contribution >= 4 is 11.9 Å². The molecule has 1 amide bonds. The second-order valence-corrected chi connectivity index (χ2v) is 5.97. The number of piperazine rings is 1. The number of carbonyl (C=O) groups is 2. The minimum atomic E-state index is -0.774. The first-order valence-corrected chi connectivity index (χ1v) is 7.40. The van der Waals surface area contributed by atoms with E-state index in [1.807, 2.05) is 16.7 Å². The molecule has 2 aliphatic rings.